The molecular formula is C13H12N4S. The molecule has 1 N–H and O–H groups in total. The van der Waals surface area contributed by atoms with Crippen molar-refractivity contribution in [3.8, 4) is 17.5 Å². The topological polar surface area (TPSA) is 61.6 Å². The first-order chi connectivity index (χ1) is 8.76. The van der Waals surface area contributed by atoms with Crippen molar-refractivity contribution < 1.29 is 0 Å². The molecule has 90 valence electrons. The zero-order chi connectivity index (χ0) is 13.0. The van der Waals surface area contributed by atoms with Crippen LogP contribution >= 0.6 is 11.8 Å². The van der Waals surface area contributed by atoms with E-state index >= 15 is 0 Å². The van der Waals surface area contributed by atoms with E-state index in [0.29, 0.717) is 17.3 Å². The first-order valence-corrected chi connectivity index (χ1v) is 6.60. The molecule has 0 atom stereocenters. The third-order valence-corrected chi connectivity index (χ3v) is 3.19. The van der Waals surface area contributed by atoms with Gasteiger partial charge in [0.2, 0.25) is 0 Å². The molecule has 0 fully saturated rings. The molecule has 0 saturated carbocycles. The van der Waals surface area contributed by atoms with Gasteiger partial charge in [-0.25, -0.2) is 9.97 Å². The van der Waals surface area contributed by atoms with Gasteiger partial charge < -0.3 is 5.32 Å². The van der Waals surface area contributed by atoms with Gasteiger partial charge in [0.05, 0.1) is 0 Å². The predicted molar refractivity (Wildman–Crippen MR) is 73.5 cm³/mol. The van der Waals surface area contributed by atoms with Crippen LogP contribution in [0.4, 0.5) is 5.82 Å². The second-order valence-electron chi connectivity index (χ2n) is 3.55. The van der Waals surface area contributed by atoms with Gasteiger partial charge in [-0.1, -0.05) is 12.1 Å². The molecule has 18 heavy (non-hydrogen) atoms. The smallest absolute Gasteiger partial charge is 0.162 e. The van der Waals surface area contributed by atoms with Crippen molar-refractivity contribution in [2.24, 2.45) is 0 Å². The van der Waals surface area contributed by atoms with Crippen LogP contribution < -0.4 is 5.32 Å². The molecule has 0 bridgehead atoms. The van der Waals surface area contributed by atoms with E-state index in [9.17, 15) is 0 Å². The molecule has 1 aromatic carbocycles. The highest BCUT2D eigenvalue weighted by atomic mass is 32.2. The van der Waals surface area contributed by atoms with E-state index in [2.05, 4.69) is 15.3 Å². The van der Waals surface area contributed by atoms with Gasteiger partial charge in [0, 0.05) is 23.6 Å². The monoisotopic (exact) mass is 256 g/mol. The number of rotatable bonds is 3. The molecule has 0 radical (unpaired) electrons. The number of nitrogens with zero attached hydrogens (tertiary/aromatic N) is 3. The number of thioether (sulfide) groups is 1. The lowest BCUT2D eigenvalue weighted by molar-refractivity contribution is 1.14. The lowest BCUT2D eigenvalue weighted by Crippen LogP contribution is -1.98. The normalized spacial score (nSPS) is 9.83. The average Bonchev–Trinajstić information content (AvgIpc) is 2.46. The summed E-state index contributed by atoms with van der Waals surface area (Å²) in [6, 6.07) is 11.6. The molecule has 0 unspecified atom stereocenters. The number of benzene rings is 1. The molecule has 1 aromatic heterocycles. The number of aromatic nitrogens is 2. The van der Waals surface area contributed by atoms with Gasteiger partial charge in [0.15, 0.2) is 5.82 Å². The Bertz CT molecular complexity index is 587. The van der Waals surface area contributed by atoms with Crippen LogP contribution in [0.15, 0.2) is 35.2 Å². The molecule has 2 aromatic rings. The van der Waals surface area contributed by atoms with Crippen LogP contribution in [0.25, 0.3) is 11.4 Å². The standard InChI is InChI=1S/C13H12N4S/c1-15-12-7-10(8-14)16-13(17-12)9-3-5-11(18-2)6-4-9/h3-7H,1-2H3,(H,15,16,17). The molecule has 2 rings (SSSR count). The van der Waals surface area contributed by atoms with E-state index in [4.69, 9.17) is 5.26 Å². The van der Waals surface area contributed by atoms with E-state index in [0.717, 1.165) is 5.56 Å². The van der Waals surface area contributed by atoms with Gasteiger partial charge >= 0.3 is 0 Å². The summed E-state index contributed by atoms with van der Waals surface area (Å²) in [6.45, 7) is 0. The van der Waals surface area contributed by atoms with Crippen molar-refractivity contribution >= 4 is 17.6 Å². The Morgan fingerprint density at radius 2 is 1.94 bits per heavy atom. The minimum absolute atomic E-state index is 0.360. The van der Waals surface area contributed by atoms with E-state index in [-0.39, 0.29) is 0 Å². The van der Waals surface area contributed by atoms with Crippen molar-refractivity contribution in [2.45, 2.75) is 4.90 Å². The van der Waals surface area contributed by atoms with Gasteiger partial charge in [0.25, 0.3) is 0 Å². The van der Waals surface area contributed by atoms with Crippen LogP contribution in [0, 0.1) is 11.3 Å². The summed E-state index contributed by atoms with van der Waals surface area (Å²) in [5, 5.41) is 11.9. The molecule has 0 aliphatic carbocycles. The predicted octanol–water partition coefficient (Wildman–Crippen LogP) is 2.78. The van der Waals surface area contributed by atoms with Crippen LogP contribution in [0.2, 0.25) is 0 Å². The molecule has 1 heterocycles. The molecular weight excluding hydrogens is 244 g/mol. The van der Waals surface area contributed by atoms with Gasteiger partial charge in [-0.05, 0) is 18.4 Å². The largest absolute Gasteiger partial charge is 0.373 e. The van der Waals surface area contributed by atoms with Crippen LogP contribution in [-0.4, -0.2) is 23.3 Å². The van der Waals surface area contributed by atoms with E-state index in [1.807, 2.05) is 36.6 Å². The zero-order valence-corrected chi connectivity index (χ0v) is 11.0. The van der Waals surface area contributed by atoms with E-state index in [1.54, 1.807) is 24.9 Å². The quantitative estimate of drug-likeness (QED) is 0.856. The summed E-state index contributed by atoms with van der Waals surface area (Å²) in [6.07, 6.45) is 2.03. The van der Waals surface area contributed by atoms with Crippen molar-refractivity contribution in [1.29, 1.82) is 5.26 Å². The van der Waals surface area contributed by atoms with Gasteiger partial charge in [0.1, 0.15) is 17.6 Å². The number of hydrogen-bond donors (Lipinski definition) is 1. The zero-order valence-electron chi connectivity index (χ0n) is 10.1. The summed E-state index contributed by atoms with van der Waals surface area (Å²) in [5.41, 5.74) is 1.26. The van der Waals surface area contributed by atoms with Crippen LogP contribution in [0.1, 0.15) is 5.69 Å². The summed E-state index contributed by atoms with van der Waals surface area (Å²) >= 11 is 1.68. The number of nitrogens with one attached hydrogen (secondary N) is 1. The minimum Gasteiger partial charge on any atom is -0.373 e. The Hall–Kier alpha value is -2.06. The van der Waals surface area contributed by atoms with Crippen molar-refractivity contribution in [2.75, 3.05) is 18.6 Å². The lowest BCUT2D eigenvalue weighted by Gasteiger charge is -2.05. The first-order valence-electron chi connectivity index (χ1n) is 5.38. The fraction of sp³-hybridized carbons (Fsp3) is 0.154. The van der Waals surface area contributed by atoms with Crippen LogP contribution in [-0.2, 0) is 0 Å². The Kier molecular flexibility index (Phi) is 3.80. The number of anilines is 1. The highest BCUT2D eigenvalue weighted by molar-refractivity contribution is 7.98. The van der Waals surface area contributed by atoms with Crippen molar-refractivity contribution in [1.82, 2.24) is 9.97 Å². The third-order valence-electron chi connectivity index (χ3n) is 2.45. The highest BCUT2D eigenvalue weighted by Crippen LogP contribution is 2.21. The van der Waals surface area contributed by atoms with Crippen LogP contribution in [0.5, 0.6) is 0 Å². The fourth-order valence-corrected chi connectivity index (χ4v) is 1.91. The molecule has 0 saturated heterocycles. The fourth-order valence-electron chi connectivity index (χ4n) is 1.50. The van der Waals surface area contributed by atoms with Crippen molar-refractivity contribution in [3.63, 3.8) is 0 Å². The molecule has 5 heteroatoms. The Morgan fingerprint density at radius 3 is 2.50 bits per heavy atom. The maximum absolute atomic E-state index is 8.94. The summed E-state index contributed by atoms with van der Waals surface area (Å²) in [4.78, 5) is 9.74. The lowest BCUT2D eigenvalue weighted by atomic mass is 10.2. The molecule has 4 nitrogen and oxygen atoms in total. The molecule has 0 amide bonds. The van der Waals surface area contributed by atoms with Gasteiger partial charge in [-0.3, -0.25) is 0 Å². The maximum Gasteiger partial charge on any atom is 0.162 e. The third kappa shape index (κ3) is 2.60. The summed E-state index contributed by atoms with van der Waals surface area (Å²) in [7, 11) is 1.77. The average molecular weight is 256 g/mol. The van der Waals surface area contributed by atoms with E-state index < -0.39 is 0 Å². The second-order valence-corrected chi connectivity index (χ2v) is 4.43. The number of nitriles is 1. The highest BCUT2D eigenvalue weighted by Gasteiger charge is 2.06. The van der Waals surface area contributed by atoms with Crippen molar-refractivity contribution in [3.05, 3.63) is 36.0 Å². The van der Waals surface area contributed by atoms with Gasteiger partial charge in [-0.2, -0.15) is 5.26 Å². The SMILES string of the molecule is CNc1cc(C#N)nc(-c2ccc(SC)cc2)n1. The minimum atomic E-state index is 0.360. The summed E-state index contributed by atoms with van der Waals surface area (Å²) < 4.78 is 0. The Labute approximate surface area is 110 Å². The summed E-state index contributed by atoms with van der Waals surface area (Å²) in [5.74, 6) is 1.21. The van der Waals surface area contributed by atoms with E-state index in [1.165, 1.54) is 4.90 Å². The Morgan fingerprint density at radius 1 is 1.22 bits per heavy atom. The molecule has 0 aliphatic rings. The van der Waals surface area contributed by atoms with Gasteiger partial charge in [-0.15, -0.1) is 11.8 Å². The molecule has 0 spiro atoms. The maximum atomic E-state index is 8.94. The first kappa shape index (κ1) is 12.4. The molecule has 0 aliphatic heterocycles. The van der Waals surface area contributed by atoms with Crippen LogP contribution in [0.3, 0.4) is 0 Å². The second kappa shape index (κ2) is 5.52. The Balaban J connectivity index is 2.45. The number of hydrogen-bond acceptors (Lipinski definition) is 5.